The number of phenolic OH excluding ortho intramolecular Hbond substituents is 1. The lowest BCUT2D eigenvalue weighted by atomic mass is 10.2. The number of hydrogen-bond acceptors (Lipinski definition) is 9. The molecule has 0 radical (unpaired) electrons. The zero-order valence-electron chi connectivity index (χ0n) is 21.7. The first-order chi connectivity index (χ1) is 19.6. The average Bonchev–Trinajstić information content (AvgIpc) is 3.40. The summed E-state index contributed by atoms with van der Waals surface area (Å²) in [7, 11) is 0. The predicted octanol–water partition coefficient (Wildman–Crippen LogP) is 6.03. The van der Waals surface area contributed by atoms with E-state index in [-0.39, 0.29) is 5.75 Å². The lowest BCUT2D eigenvalue weighted by Crippen LogP contribution is -2.47. The highest BCUT2D eigenvalue weighted by molar-refractivity contribution is 6.30. The van der Waals surface area contributed by atoms with Gasteiger partial charge in [0, 0.05) is 62.3 Å². The second-order valence-electron chi connectivity index (χ2n) is 9.46. The largest absolute Gasteiger partial charge is 0.507 e. The fraction of sp³-hybridized carbons (Fsp3) is 0.233. The minimum atomic E-state index is 0.0425. The molecule has 1 aliphatic heterocycles. The fourth-order valence-electron chi connectivity index (χ4n) is 4.61. The van der Waals surface area contributed by atoms with E-state index in [0.717, 1.165) is 45.1 Å². The molecule has 1 fully saturated rings. The van der Waals surface area contributed by atoms with Gasteiger partial charge in [0.1, 0.15) is 28.5 Å². The Kier molecular flexibility index (Phi) is 7.65. The Morgan fingerprint density at radius 2 is 1.62 bits per heavy atom. The highest BCUT2D eigenvalue weighted by Gasteiger charge is 2.18. The molecule has 0 atom stereocenters. The van der Waals surface area contributed by atoms with Gasteiger partial charge in [-0.05, 0) is 61.0 Å². The molecule has 1 N–H and O–H groups in total. The molecule has 5 aromatic rings. The Balaban J connectivity index is 1.01. The van der Waals surface area contributed by atoms with Crippen LogP contribution in [0, 0.1) is 0 Å². The number of anilines is 1. The number of rotatable bonds is 9. The van der Waals surface area contributed by atoms with Crippen molar-refractivity contribution in [2.24, 2.45) is 0 Å². The zero-order valence-corrected chi connectivity index (χ0v) is 22.5. The maximum Gasteiger partial charge on any atom is 0.231 e. The van der Waals surface area contributed by atoms with E-state index < -0.39 is 0 Å². The Bertz CT molecular complexity index is 1570. The first-order valence-electron chi connectivity index (χ1n) is 13.2. The molecule has 40 heavy (non-hydrogen) atoms. The normalized spacial score (nSPS) is 14.0. The van der Waals surface area contributed by atoms with E-state index in [9.17, 15) is 5.11 Å². The molecule has 0 bridgehead atoms. The van der Waals surface area contributed by atoms with Crippen LogP contribution in [0.1, 0.15) is 6.42 Å². The third kappa shape index (κ3) is 6.11. The quantitative estimate of drug-likeness (QED) is 0.218. The summed E-state index contributed by atoms with van der Waals surface area (Å²) in [5.41, 5.74) is 1.71. The van der Waals surface area contributed by atoms with Gasteiger partial charge in [-0.2, -0.15) is 0 Å². The smallest absolute Gasteiger partial charge is 0.231 e. The van der Waals surface area contributed by atoms with Crippen LogP contribution >= 0.6 is 11.6 Å². The summed E-state index contributed by atoms with van der Waals surface area (Å²) in [5, 5.41) is 11.3. The highest BCUT2D eigenvalue weighted by atomic mass is 35.5. The molecule has 10 heteroatoms. The van der Waals surface area contributed by atoms with Crippen molar-refractivity contribution in [3.8, 4) is 34.5 Å². The van der Waals surface area contributed by atoms with E-state index in [2.05, 4.69) is 24.8 Å². The third-order valence-corrected chi connectivity index (χ3v) is 6.96. The van der Waals surface area contributed by atoms with Crippen molar-refractivity contribution in [2.75, 3.05) is 44.2 Å². The Morgan fingerprint density at radius 3 is 2.40 bits per heavy atom. The molecule has 3 heterocycles. The summed E-state index contributed by atoms with van der Waals surface area (Å²) in [6.45, 7) is 5.25. The van der Waals surface area contributed by atoms with Gasteiger partial charge in [-0.25, -0.2) is 15.0 Å². The first-order valence-corrected chi connectivity index (χ1v) is 13.5. The molecule has 0 saturated carbocycles. The van der Waals surface area contributed by atoms with Crippen molar-refractivity contribution in [1.82, 2.24) is 19.9 Å². The molecule has 3 aromatic carbocycles. The van der Waals surface area contributed by atoms with Crippen LogP contribution in [0.2, 0.25) is 5.02 Å². The summed E-state index contributed by atoms with van der Waals surface area (Å²) < 4.78 is 17.7. The molecular formula is C30H28ClN5O4. The van der Waals surface area contributed by atoms with Crippen LogP contribution in [0.3, 0.4) is 0 Å². The van der Waals surface area contributed by atoms with Gasteiger partial charge in [-0.1, -0.05) is 11.6 Å². The fourth-order valence-corrected chi connectivity index (χ4v) is 4.73. The number of aromatic hydroxyl groups is 1. The number of nitrogens with zero attached hydrogens (tertiary/aromatic N) is 5. The highest BCUT2D eigenvalue weighted by Crippen LogP contribution is 2.35. The van der Waals surface area contributed by atoms with Crippen molar-refractivity contribution in [3.05, 3.63) is 84.1 Å². The molecule has 6 rings (SSSR count). The second-order valence-corrected chi connectivity index (χ2v) is 9.90. The molecular weight excluding hydrogens is 530 g/mol. The van der Waals surface area contributed by atoms with E-state index in [4.69, 9.17) is 25.5 Å². The molecule has 9 nitrogen and oxygen atoms in total. The maximum absolute atomic E-state index is 10.7. The molecule has 1 aliphatic rings. The van der Waals surface area contributed by atoms with Crippen LogP contribution in [0.4, 0.5) is 5.95 Å². The number of oxazole rings is 1. The lowest BCUT2D eigenvalue weighted by molar-refractivity contribution is 0.224. The van der Waals surface area contributed by atoms with E-state index >= 15 is 0 Å². The zero-order chi connectivity index (χ0) is 27.3. The molecule has 1 saturated heterocycles. The number of phenols is 1. The van der Waals surface area contributed by atoms with Crippen LogP contribution in [0.15, 0.2) is 83.5 Å². The standard InChI is InChI=1S/C30H28ClN5O4/c31-21-3-5-22(6-4-21)39-24-8-10-26-28(20-24)40-29(34-26)25-9-7-23(19-27(25)37)38-18-2-13-35-14-16-36(17-15-35)30-32-11-1-12-33-30/h1,3-12,19-20,37H,2,13-18H2. The average molecular weight is 558 g/mol. The number of hydrogen-bond donors (Lipinski definition) is 1. The molecule has 0 spiro atoms. The summed E-state index contributed by atoms with van der Waals surface area (Å²) in [4.78, 5) is 17.8. The van der Waals surface area contributed by atoms with E-state index in [1.807, 2.05) is 24.3 Å². The van der Waals surface area contributed by atoms with Crippen molar-refractivity contribution >= 4 is 28.6 Å². The lowest BCUT2D eigenvalue weighted by Gasteiger charge is -2.34. The summed E-state index contributed by atoms with van der Waals surface area (Å²) in [5.74, 6) is 3.03. The van der Waals surface area contributed by atoms with Gasteiger partial charge in [0.2, 0.25) is 11.8 Å². The minimum absolute atomic E-state index is 0.0425. The predicted molar refractivity (Wildman–Crippen MR) is 153 cm³/mol. The number of piperazine rings is 1. The van der Waals surface area contributed by atoms with Gasteiger partial charge in [-0.3, -0.25) is 4.90 Å². The SMILES string of the molecule is Oc1cc(OCCCN2CCN(c3ncccn3)CC2)ccc1-c1nc2ccc(Oc3ccc(Cl)cc3)cc2o1. The number of fused-ring (bicyclic) bond motifs is 1. The Hall–Kier alpha value is -4.34. The van der Waals surface area contributed by atoms with Crippen molar-refractivity contribution < 1.29 is 19.0 Å². The monoisotopic (exact) mass is 557 g/mol. The molecule has 0 aliphatic carbocycles. The molecule has 2 aromatic heterocycles. The molecule has 204 valence electrons. The van der Waals surface area contributed by atoms with Crippen molar-refractivity contribution in [3.63, 3.8) is 0 Å². The summed E-state index contributed by atoms with van der Waals surface area (Å²) in [6.07, 6.45) is 4.44. The van der Waals surface area contributed by atoms with E-state index in [0.29, 0.717) is 51.4 Å². The number of benzene rings is 3. The number of ether oxygens (including phenoxy) is 2. The summed E-state index contributed by atoms with van der Waals surface area (Å²) >= 11 is 5.94. The van der Waals surface area contributed by atoms with E-state index in [1.165, 1.54) is 0 Å². The Labute approximate surface area is 236 Å². The van der Waals surface area contributed by atoms with Gasteiger partial charge >= 0.3 is 0 Å². The topological polar surface area (TPSA) is 97.0 Å². The van der Waals surface area contributed by atoms with Gasteiger partial charge < -0.3 is 23.9 Å². The van der Waals surface area contributed by atoms with Crippen molar-refractivity contribution in [1.29, 1.82) is 0 Å². The molecule has 0 unspecified atom stereocenters. The van der Waals surface area contributed by atoms with Crippen LogP contribution in [-0.4, -0.2) is 64.3 Å². The molecule has 0 amide bonds. The first kappa shape index (κ1) is 25.9. The third-order valence-electron chi connectivity index (χ3n) is 6.70. The van der Waals surface area contributed by atoms with E-state index in [1.54, 1.807) is 54.9 Å². The van der Waals surface area contributed by atoms with Gasteiger partial charge in [0.05, 0.1) is 12.2 Å². The van der Waals surface area contributed by atoms with Crippen LogP contribution in [0.5, 0.6) is 23.0 Å². The van der Waals surface area contributed by atoms with Crippen molar-refractivity contribution in [2.45, 2.75) is 6.42 Å². The second kappa shape index (κ2) is 11.8. The van der Waals surface area contributed by atoms with Crippen LogP contribution in [0.25, 0.3) is 22.6 Å². The van der Waals surface area contributed by atoms with Gasteiger partial charge in [0.25, 0.3) is 0 Å². The minimum Gasteiger partial charge on any atom is -0.507 e. The van der Waals surface area contributed by atoms with Gasteiger partial charge in [0.15, 0.2) is 5.58 Å². The number of aromatic nitrogens is 3. The Morgan fingerprint density at radius 1 is 0.875 bits per heavy atom. The van der Waals surface area contributed by atoms with Crippen LogP contribution < -0.4 is 14.4 Å². The van der Waals surface area contributed by atoms with Crippen LogP contribution in [-0.2, 0) is 0 Å². The maximum atomic E-state index is 10.7. The summed E-state index contributed by atoms with van der Waals surface area (Å²) in [6, 6.07) is 19.5. The van der Waals surface area contributed by atoms with Gasteiger partial charge in [-0.15, -0.1) is 0 Å². The number of halogens is 1.